The van der Waals surface area contributed by atoms with Crippen LogP contribution >= 0.6 is 15.9 Å². The summed E-state index contributed by atoms with van der Waals surface area (Å²) < 4.78 is 19.8. The van der Waals surface area contributed by atoms with E-state index < -0.39 is 11.7 Å². The van der Waals surface area contributed by atoms with Gasteiger partial charge in [-0.2, -0.15) is 0 Å². The molecule has 0 radical (unpaired) electrons. The van der Waals surface area contributed by atoms with E-state index in [4.69, 9.17) is 4.74 Å². The lowest BCUT2D eigenvalue weighted by atomic mass is 10.2. The van der Waals surface area contributed by atoms with Gasteiger partial charge in [0.15, 0.2) is 0 Å². The molecule has 0 unspecified atom stereocenters. The molecule has 1 N–H and O–H groups in total. The molecular weight excluding hydrogens is 415 g/mol. The van der Waals surface area contributed by atoms with E-state index in [0.29, 0.717) is 35.7 Å². The van der Waals surface area contributed by atoms with Crippen molar-refractivity contribution in [2.45, 2.75) is 12.8 Å². The number of hydrogen-bond donors (Lipinski definition) is 1. The van der Waals surface area contributed by atoms with Crippen LogP contribution in [0.4, 0.5) is 15.8 Å². The topological polar surface area (TPSA) is 58.6 Å². The van der Waals surface area contributed by atoms with Crippen molar-refractivity contribution in [2.75, 3.05) is 23.9 Å². The quantitative estimate of drug-likeness (QED) is 0.713. The smallest absolute Gasteiger partial charge is 0.248 e. The third-order valence-corrected chi connectivity index (χ3v) is 4.68. The lowest BCUT2D eigenvalue weighted by Gasteiger charge is -2.19. The van der Waals surface area contributed by atoms with Gasteiger partial charge in [-0.15, -0.1) is 0 Å². The number of amides is 2. The van der Waals surface area contributed by atoms with Crippen LogP contribution in [0.15, 0.2) is 46.9 Å². The van der Waals surface area contributed by atoms with Gasteiger partial charge < -0.3 is 15.0 Å². The normalized spacial score (nSPS) is 14.0. The molecule has 0 aromatic heterocycles. The van der Waals surface area contributed by atoms with Crippen molar-refractivity contribution in [1.29, 1.82) is 0 Å². The number of hydrogen-bond acceptors (Lipinski definition) is 3. The fourth-order valence-corrected chi connectivity index (χ4v) is 3.25. The lowest BCUT2D eigenvalue weighted by Crippen LogP contribution is -2.24. The molecule has 1 aliphatic heterocycles. The fraction of sp³-hybridized carbons (Fsp3) is 0.200. The molecule has 0 bridgehead atoms. The van der Waals surface area contributed by atoms with Gasteiger partial charge in [0.25, 0.3) is 0 Å². The Bertz CT molecular complexity index is 914. The second-order valence-corrected chi connectivity index (χ2v) is 6.94. The second-order valence-electron chi connectivity index (χ2n) is 6.02. The number of halogens is 2. The Labute approximate surface area is 164 Å². The number of methoxy groups -OCH3 is 1. The highest BCUT2D eigenvalue weighted by Crippen LogP contribution is 2.33. The molecule has 1 aliphatic rings. The fourth-order valence-electron chi connectivity index (χ4n) is 2.87. The van der Waals surface area contributed by atoms with Crippen molar-refractivity contribution < 1.29 is 18.7 Å². The summed E-state index contributed by atoms with van der Waals surface area (Å²) in [5.74, 6) is -0.251. The predicted octanol–water partition coefficient (Wildman–Crippen LogP) is 4.38. The number of carbonyl (C=O) groups excluding carboxylic acids is 2. The Hall–Kier alpha value is -2.67. The molecule has 3 rings (SSSR count). The van der Waals surface area contributed by atoms with E-state index in [1.807, 2.05) is 0 Å². The third kappa shape index (κ3) is 4.54. The summed E-state index contributed by atoms with van der Waals surface area (Å²) in [5, 5.41) is 2.71. The number of carbonyl (C=O) groups is 2. The summed E-state index contributed by atoms with van der Waals surface area (Å²) >= 11 is 3.27. The predicted molar refractivity (Wildman–Crippen MR) is 106 cm³/mol. The lowest BCUT2D eigenvalue weighted by molar-refractivity contribution is -0.117. The standard InChI is InChI=1S/C20H18BrFN2O3/c1-27-18-12-15(6-8-17(18)24-10-2-3-20(24)26)23-19(25)9-4-13-11-14(21)5-7-16(13)22/h4-9,11-12H,2-3,10H2,1H3,(H,23,25)/b9-4+. The summed E-state index contributed by atoms with van der Waals surface area (Å²) in [6.45, 7) is 0.655. The highest BCUT2D eigenvalue weighted by molar-refractivity contribution is 9.10. The first-order valence-corrected chi connectivity index (χ1v) is 9.20. The summed E-state index contributed by atoms with van der Waals surface area (Å²) in [4.78, 5) is 25.8. The van der Waals surface area contributed by atoms with Crippen molar-refractivity contribution in [1.82, 2.24) is 0 Å². The number of rotatable bonds is 5. The SMILES string of the molecule is COc1cc(NC(=O)/C=C/c2cc(Br)ccc2F)ccc1N1CCCC1=O. The van der Waals surface area contributed by atoms with Crippen LogP contribution in [0.1, 0.15) is 18.4 Å². The highest BCUT2D eigenvalue weighted by atomic mass is 79.9. The van der Waals surface area contributed by atoms with Gasteiger partial charge in [-0.25, -0.2) is 4.39 Å². The Morgan fingerprint density at radius 1 is 1.30 bits per heavy atom. The zero-order valence-electron chi connectivity index (χ0n) is 14.7. The van der Waals surface area contributed by atoms with E-state index in [9.17, 15) is 14.0 Å². The molecule has 2 aromatic carbocycles. The average Bonchev–Trinajstić information content (AvgIpc) is 3.08. The average molecular weight is 433 g/mol. The van der Waals surface area contributed by atoms with E-state index in [1.54, 1.807) is 35.2 Å². The molecule has 2 amide bonds. The Kier molecular flexibility index (Phi) is 5.91. The molecule has 27 heavy (non-hydrogen) atoms. The molecule has 2 aromatic rings. The van der Waals surface area contributed by atoms with Crippen LogP contribution < -0.4 is 15.0 Å². The van der Waals surface area contributed by atoms with E-state index in [0.717, 1.165) is 10.9 Å². The molecule has 1 heterocycles. The van der Waals surface area contributed by atoms with Crippen LogP contribution in [-0.4, -0.2) is 25.5 Å². The minimum atomic E-state index is -0.413. The van der Waals surface area contributed by atoms with Crippen molar-refractivity contribution in [3.8, 4) is 5.75 Å². The van der Waals surface area contributed by atoms with Crippen molar-refractivity contribution in [3.05, 3.63) is 58.3 Å². The summed E-state index contributed by atoms with van der Waals surface area (Å²) in [6, 6.07) is 9.61. The van der Waals surface area contributed by atoms with Gasteiger partial charge in [-0.3, -0.25) is 9.59 Å². The Balaban J connectivity index is 1.73. The first-order valence-electron chi connectivity index (χ1n) is 8.40. The van der Waals surface area contributed by atoms with Gasteiger partial charge >= 0.3 is 0 Å². The number of nitrogens with one attached hydrogen (secondary N) is 1. The van der Waals surface area contributed by atoms with E-state index in [1.165, 1.54) is 25.3 Å². The molecule has 5 nitrogen and oxygen atoms in total. The number of ether oxygens (including phenoxy) is 1. The number of benzene rings is 2. The molecule has 0 aliphatic carbocycles. The third-order valence-electron chi connectivity index (χ3n) is 4.18. The van der Waals surface area contributed by atoms with E-state index in [-0.39, 0.29) is 5.91 Å². The van der Waals surface area contributed by atoms with Crippen LogP contribution in [-0.2, 0) is 9.59 Å². The highest BCUT2D eigenvalue weighted by Gasteiger charge is 2.24. The maximum absolute atomic E-state index is 13.7. The summed E-state index contributed by atoms with van der Waals surface area (Å²) in [5.41, 5.74) is 1.51. The molecular formula is C20H18BrFN2O3. The molecule has 1 saturated heterocycles. The second kappa shape index (κ2) is 8.35. The van der Waals surface area contributed by atoms with Crippen molar-refractivity contribution in [2.24, 2.45) is 0 Å². The van der Waals surface area contributed by atoms with Gasteiger partial charge in [-0.05, 0) is 42.8 Å². The zero-order valence-corrected chi connectivity index (χ0v) is 16.3. The monoisotopic (exact) mass is 432 g/mol. The molecule has 1 fully saturated rings. The molecule has 0 atom stereocenters. The van der Waals surface area contributed by atoms with Crippen LogP contribution in [0.5, 0.6) is 5.75 Å². The van der Waals surface area contributed by atoms with Crippen LogP contribution in [0.3, 0.4) is 0 Å². The molecule has 140 valence electrons. The Morgan fingerprint density at radius 2 is 2.11 bits per heavy atom. The maximum Gasteiger partial charge on any atom is 0.248 e. The first kappa shape index (κ1) is 19.1. The van der Waals surface area contributed by atoms with Gasteiger partial charge in [0.05, 0.1) is 12.8 Å². The van der Waals surface area contributed by atoms with Crippen LogP contribution in [0, 0.1) is 5.82 Å². The van der Waals surface area contributed by atoms with Gasteiger partial charge in [-0.1, -0.05) is 15.9 Å². The van der Waals surface area contributed by atoms with Crippen LogP contribution in [0.2, 0.25) is 0 Å². The molecule has 0 saturated carbocycles. The largest absolute Gasteiger partial charge is 0.494 e. The molecule has 0 spiro atoms. The van der Waals surface area contributed by atoms with E-state index >= 15 is 0 Å². The Morgan fingerprint density at radius 3 is 2.81 bits per heavy atom. The van der Waals surface area contributed by atoms with Crippen molar-refractivity contribution in [3.63, 3.8) is 0 Å². The minimum absolute atomic E-state index is 0.0593. The summed E-state index contributed by atoms with van der Waals surface area (Å²) in [7, 11) is 1.51. The van der Waals surface area contributed by atoms with Gasteiger partial charge in [0, 0.05) is 40.8 Å². The summed E-state index contributed by atoms with van der Waals surface area (Å²) in [6.07, 6.45) is 4.01. The molecule has 7 heteroatoms. The van der Waals surface area contributed by atoms with Gasteiger partial charge in [0.1, 0.15) is 11.6 Å². The minimum Gasteiger partial charge on any atom is -0.494 e. The van der Waals surface area contributed by atoms with E-state index in [2.05, 4.69) is 21.2 Å². The number of nitrogens with zero attached hydrogens (tertiary/aromatic N) is 1. The number of anilines is 2. The first-order chi connectivity index (χ1) is 13.0. The van der Waals surface area contributed by atoms with Gasteiger partial charge in [0.2, 0.25) is 11.8 Å². The van der Waals surface area contributed by atoms with Crippen molar-refractivity contribution >= 4 is 45.2 Å². The zero-order chi connectivity index (χ0) is 19.4. The van der Waals surface area contributed by atoms with Crippen LogP contribution in [0.25, 0.3) is 6.08 Å². The maximum atomic E-state index is 13.7.